The average molecular weight is 127 g/mol. The quantitative estimate of drug-likeness (QED) is 0.545. The molecule has 1 rings (SSSR count). The Kier molecular flexibility index (Phi) is 1.95. The van der Waals surface area contributed by atoms with E-state index in [0.717, 1.165) is 19.1 Å². The summed E-state index contributed by atoms with van der Waals surface area (Å²) in [5.74, 6) is -0.201. The molecule has 0 saturated carbocycles. The first kappa shape index (κ1) is 6.42. The fraction of sp³-hybridized carbons (Fsp3) is 0.667. The Bertz CT molecular complexity index is 127. The number of Topliss-reactive ketones (excluding diaryl/α,β-unsaturated/α-hetero) is 1. The maximum Gasteiger partial charge on any atom is 0.201 e. The third kappa shape index (κ3) is 1.36. The summed E-state index contributed by atoms with van der Waals surface area (Å²) >= 11 is 0. The minimum atomic E-state index is -0.303. The summed E-state index contributed by atoms with van der Waals surface area (Å²) in [6.45, 7) is 0.671. The van der Waals surface area contributed by atoms with Crippen LogP contribution in [0.4, 0.5) is 0 Å². The first-order chi connectivity index (χ1) is 4.34. The van der Waals surface area contributed by atoms with Gasteiger partial charge in [0.25, 0.3) is 0 Å². The van der Waals surface area contributed by atoms with Crippen LogP contribution in [0, 0.1) is 5.41 Å². The lowest BCUT2D eigenvalue weighted by Crippen LogP contribution is -2.19. The molecule has 1 atom stereocenters. The van der Waals surface area contributed by atoms with E-state index >= 15 is 0 Å². The number of carbonyl (C=O) groups is 1. The topological polar surface area (TPSA) is 50.2 Å². The number of carbonyl (C=O) groups excluding carboxylic acids is 1. The third-order valence-corrected chi connectivity index (χ3v) is 1.39. The molecule has 1 aliphatic heterocycles. The first-order valence-corrected chi connectivity index (χ1v) is 3.00. The lowest BCUT2D eigenvalue weighted by Gasteiger charge is -2.00. The van der Waals surface area contributed by atoms with Crippen LogP contribution >= 0.6 is 0 Å². The molecule has 0 aromatic carbocycles. The van der Waals surface area contributed by atoms with Gasteiger partial charge in [-0.15, -0.1) is 0 Å². The predicted octanol–water partition coefficient (Wildman–Crippen LogP) is 0.384. The van der Waals surface area contributed by atoms with Crippen LogP contribution in [-0.4, -0.2) is 24.7 Å². The van der Waals surface area contributed by atoms with Gasteiger partial charge in [-0.2, -0.15) is 0 Å². The van der Waals surface area contributed by atoms with Gasteiger partial charge in [-0.25, -0.2) is 0 Å². The van der Waals surface area contributed by atoms with Crippen molar-refractivity contribution in [2.24, 2.45) is 0 Å². The van der Waals surface area contributed by atoms with Crippen LogP contribution in [0.25, 0.3) is 0 Å². The molecule has 0 bridgehead atoms. The number of rotatable bonds is 2. The molecule has 0 amide bonds. The number of ether oxygens (including phenoxy) is 1. The highest BCUT2D eigenvalue weighted by Crippen LogP contribution is 2.11. The second kappa shape index (κ2) is 2.73. The van der Waals surface area contributed by atoms with Gasteiger partial charge in [0.1, 0.15) is 6.10 Å². The van der Waals surface area contributed by atoms with Gasteiger partial charge < -0.3 is 10.1 Å². The summed E-state index contributed by atoms with van der Waals surface area (Å²) in [6.07, 6.45) is 2.26. The standard InChI is InChI=1S/C6H9NO2/c7-4-5(8)6-2-1-3-9-6/h4,6-7H,1-3H2. The molecule has 1 aliphatic rings. The molecule has 0 spiro atoms. The summed E-state index contributed by atoms with van der Waals surface area (Å²) in [6, 6.07) is 0. The van der Waals surface area contributed by atoms with Crippen LogP contribution in [0.2, 0.25) is 0 Å². The maximum absolute atomic E-state index is 10.6. The van der Waals surface area contributed by atoms with Crippen LogP contribution in [-0.2, 0) is 9.53 Å². The molecule has 0 aromatic heterocycles. The zero-order valence-corrected chi connectivity index (χ0v) is 5.09. The van der Waals surface area contributed by atoms with Gasteiger partial charge in [-0.3, -0.25) is 4.79 Å². The van der Waals surface area contributed by atoms with Gasteiger partial charge >= 0.3 is 0 Å². The molecule has 1 fully saturated rings. The van der Waals surface area contributed by atoms with Crippen molar-refractivity contribution >= 4 is 12.0 Å². The summed E-state index contributed by atoms with van der Waals surface area (Å²) in [7, 11) is 0. The van der Waals surface area contributed by atoms with Crippen LogP contribution in [0.1, 0.15) is 12.8 Å². The van der Waals surface area contributed by atoms with E-state index in [2.05, 4.69) is 0 Å². The van der Waals surface area contributed by atoms with Crippen LogP contribution < -0.4 is 0 Å². The largest absolute Gasteiger partial charge is 0.370 e. The van der Waals surface area contributed by atoms with E-state index < -0.39 is 0 Å². The molecule has 1 unspecified atom stereocenters. The minimum Gasteiger partial charge on any atom is -0.370 e. The summed E-state index contributed by atoms with van der Waals surface area (Å²) in [4.78, 5) is 10.6. The van der Waals surface area contributed by atoms with E-state index in [1.165, 1.54) is 0 Å². The molecule has 0 aliphatic carbocycles. The smallest absolute Gasteiger partial charge is 0.201 e. The zero-order valence-electron chi connectivity index (χ0n) is 5.09. The van der Waals surface area contributed by atoms with Crippen LogP contribution in [0.3, 0.4) is 0 Å². The number of ketones is 1. The van der Waals surface area contributed by atoms with Gasteiger partial charge in [0.05, 0.1) is 6.21 Å². The fourth-order valence-electron chi connectivity index (χ4n) is 0.895. The van der Waals surface area contributed by atoms with E-state index in [0.29, 0.717) is 6.61 Å². The van der Waals surface area contributed by atoms with Gasteiger partial charge in [0.2, 0.25) is 5.78 Å². The Morgan fingerprint density at radius 1 is 1.78 bits per heavy atom. The van der Waals surface area contributed by atoms with Gasteiger partial charge in [-0.05, 0) is 12.8 Å². The highest BCUT2D eigenvalue weighted by molar-refractivity contribution is 6.28. The first-order valence-electron chi connectivity index (χ1n) is 3.00. The molecule has 1 N–H and O–H groups in total. The Hall–Kier alpha value is -0.700. The highest BCUT2D eigenvalue weighted by Gasteiger charge is 2.20. The molecule has 3 heteroatoms. The van der Waals surface area contributed by atoms with Crippen molar-refractivity contribution in [1.82, 2.24) is 0 Å². The van der Waals surface area contributed by atoms with Crippen molar-refractivity contribution in [2.75, 3.05) is 6.61 Å². The number of hydrogen-bond acceptors (Lipinski definition) is 3. The Balaban J connectivity index is 2.41. The maximum atomic E-state index is 10.6. The Morgan fingerprint density at radius 3 is 3.00 bits per heavy atom. The van der Waals surface area contributed by atoms with Crippen molar-refractivity contribution in [3.63, 3.8) is 0 Å². The molecule has 9 heavy (non-hydrogen) atoms. The second-order valence-electron chi connectivity index (χ2n) is 2.05. The molecular formula is C6H9NO2. The van der Waals surface area contributed by atoms with E-state index in [1.54, 1.807) is 0 Å². The summed E-state index contributed by atoms with van der Waals surface area (Å²) in [5.41, 5.74) is 0. The van der Waals surface area contributed by atoms with Gasteiger partial charge in [0.15, 0.2) is 0 Å². The lowest BCUT2D eigenvalue weighted by atomic mass is 10.2. The molecule has 0 radical (unpaired) electrons. The number of hydrogen-bond donors (Lipinski definition) is 1. The average Bonchev–Trinajstić information content (AvgIpc) is 2.37. The molecule has 0 aromatic rings. The summed E-state index contributed by atoms with van der Waals surface area (Å²) in [5, 5.41) is 6.62. The second-order valence-corrected chi connectivity index (χ2v) is 2.05. The molecule has 1 saturated heterocycles. The van der Waals surface area contributed by atoms with E-state index in [1.807, 2.05) is 0 Å². The minimum absolute atomic E-state index is 0.201. The van der Waals surface area contributed by atoms with E-state index in [4.69, 9.17) is 10.1 Å². The van der Waals surface area contributed by atoms with Gasteiger partial charge in [-0.1, -0.05) is 0 Å². The monoisotopic (exact) mass is 127 g/mol. The highest BCUT2D eigenvalue weighted by atomic mass is 16.5. The van der Waals surface area contributed by atoms with Crippen molar-refractivity contribution < 1.29 is 9.53 Å². The third-order valence-electron chi connectivity index (χ3n) is 1.39. The zero-order chi connectivity index (χ0) is 6.69. The van der Waals surface area contributed by atoms with Crippen molar-refractivity contribution in [2.45, 2.75) is 18.9 Å². The van der Waals surface area contributed by atoms with Crippen LogP contribution in [0.5, 0.6) is 0 Å². The fourth-order valence-corrected chi connectivity index (χ4v) is 0.895. The predicted molar refractivity (Wildman–Crippen MR) is 32.8 cm³/mol. The van der Waals surface area contributed by atoms with Crippen molar-refractivity contribution in [3.05, 3.63) is 0 Å². The SMILES string of the molecule is N=CC(=O)C1CCCO1. The van der Waals surface area contributed by atoms with E-state index in [-0.39, 0.29) is 11.9 Å². The van der Waals surface area contributed by atoms with Crippen molar-refractivity contribution in [3.8, 4) is 0 Å². The van der Waals surface area contributed by atoms with Crippen LogP contribution in [0.15, 0.2) is 0 Å². The van der Waals surface area contributed by atoms with Crippen molar-refractivity contribution in [1.29, 1.82) is 5.41 Å². The Labute approximate surface area is 53.5 Å². The van der Waals surface area contributed by atoms with Gasteiger partial charge in [0, 0.05) is 6.61 Å². The molecule has 1 heterocycles. The lowest BCUT2D eigenvalue weighted by molar-refractivity contribution is -0.120. The molecule has 50 valence electrons. The molecule has 3 nitrogen and oxygen atoms in total. The normalized spacial score (nSPS) is 26.0. The summed E-state index contributed by atoms with van der Waals surface area (Å²) < 4.78 is 5.00. The number of nitrogens with one attached hydrogen (secondary N) is 1. The van der Waals surface area contributed by atoms with E-state index in [9.17, 15) is 4.79 Å². The molecular weight excluding hydrogens is 118 g/mol. The Morgan fingerprint density at radius 2 is 2.56 bits per heavy atom.